The zero-order chi connectivity index (χ0) is 14.5. The van der Waals surface area contributed by atoms with Crippen molar-refractivity contribution in [3.63, 3.8) is 0 Å². The van der Waals surface area contributed by atoms with Gasteiger partial charge in [-0.15, -0.1) is 0 Å². The number of hydrogen-bond donors (Lipinski definition) is 1. The van der Waals surface area contributed by atoms with Crippen molar-refractivity contribution in [2.45, 2.75) is 31.7 Å². The Morgan fingerprint density at radius 3 is 2.30 bits per heavy atom. The summed E-state index contributed by atoms with van der Waals surface area (Å²) in [5, 5.41) is 1.17. The van der Waals surface area contributed by atoms with E-state index < -0.39 is 0 Å². The molecule has 20 heavy (non-hydrogen) atoms. The van der Waals surface area contributed by atoms with E-state index in [1.807, 2.05) is 24.3 Å². The molecule has 0 amide bonds. The quantitative estimate of drug-likeness (QED) is 0.821. The summed E-state index contributed by atoms with van der Waals surface area (Å²) >= 11 is 12.0. The highest BCUT2D eigenvalue weighted by atomic mass is 35.5. The summed E-state index contributed by atoms with van der Waals surface area (Å²) in [5.74, 6) is 0.352. The molecule has 3 heteroatoms. The van der Waals surface area contributed by atoms with Crippen molar-refractivity contribution in [3.05, 3.63) is 69.7 Å². The molecule has 1 nitrogen and oxygen atoms in total. The molecule has 0 aromatic heterocycles. The first-order valence-electron chi connectivity index (χ1n) is 6.86. The van der Waals surface area contributed by atoms with Crippen LogP contribution in [-0.2, 0) is 6.42 Å². The standard InChI is InChI=1S/C17H19Cl2N/c1-2-14(13-6-4-3-5-7-13)17(20)11-12-8-9-15(18)16(19)10-12/h3-10,14,17H,2,11,20H2,1H3. The molecule has 0 saturated carbocycles. The first-order chi connectivity index (χ1) is 9.61. The van der Waals surface area contributed by atoms with Crippen LogP contribution in [-0.4, -0.2) is 6.04 Å². The molecule has 0 spiro atoms. The van der Waals surface area contributed by atoms with E-state index in [9.17, 15) is 0 Å². The van der Waals surface area contributed by atoms with Crippen molar-refractivity contribution >= 4 is 23.2 Å². The fraction of sp³-hybridized carbons (Fsp3) is 0.294. The van der Waals surface area contributed by atoms with Crippen molar-refractivity contribution in [2.75, 3.05) is 0 Å². The molecule has 2 atom stereocenters. The van der Waals surface area contributed by atoms with E-state index in [-0.39, 0.29) is 6.04 Å². The molecule has 0 aliphatic rings. The van der Waals surface area contributed by atoms with Gasteiger partial charge in [-0.2, -0.15) is 0 Å². The molecule has 0 aliphatic heterocycles. The van der Waals surface area contributed by atoms with Crippen LogP contribution < -0.4 is 5.73 Å². The van der Waals surface area contributed by atoms with E-state index in [0.717, 1.165) is 18.4 Å². The Hall–Kier alpha value is -1.02. The van der Waals surface area contributed by atoms with Crippen molar-refractivity contribution in [1.82, 2.24) is 0 Å². The normalized spacial score (nSPS) is 14.0. The number of benzene rings is 2. The lowest BCUT2D eigenvalue weighted by Gasteiger charge is -2.23. The third-order valence-corrected chi connectivity index (χ3v) is 4.38. The molecule has 2 aromatic rings. The van der Waals surface area contributed by atoms with Gasteiger partial charge in [-0.25, -0.2) is 0 Å². The van der Waals surface area contributed by atoms with Crippen LogP contribution in [0.4, 0.5) is 0 Å². The van der Waals surface area contributed by atoms with Gasteiger partial charge in [0.25, 0.3) is 0 Å². The maximum absolute atomic E-state index is 6.40. The lowest BCUT2D eigenvalue weighted by Crippen LogP contribution is -2.30. The molecule has 0 radical (unpaired) electrons. The van der Waals surface area contributed by atoms with Gasteiger partial charge >= 0.3 is 0 Å². The number of nitrogens with two attached hydrogens (primary N) is 1. The highest BCUT2D eigenvalue weighted by Crippen LogP contribution is 2.27. The smallest absolute Gasteiger partial charge is 0.0595 e. The summed E-state index contributed by atoms with van der Waals surface area (Å²) in [5.41, 5.74) is 8.82. The molecule has 0 bridgehead atoms. The van der Waals surface area contributed by atoms with E-state index in [1.54, 1.807) is 0 Å². The Morgan fingerprint density at radius 1 is 1.00 bits per heavy atom. The molecular formula is C17H19Cl2N. The lowest BCUT2D eigenvalue weighted by molar-refractivity contribution is 0.515. The van der Waals surface area contributed by atoms with Crippen LogP contribution >= 0.6 is 23.2 Å². The van der Waals surface area contributed by atoms with Gasteiger partial charge in [0.15, 0.2) is 0 Å². The molecule has 0 heterocycles. The molecule has 0 saturated heterocycles. The average Bonchev–Trinajstić information content (AvgIpc) is 2.45. The topological polar surface area (TPSA) is 26.0 Å². The molecule has 0 aliphatic carbocycles. The minimum Gasteiger partial charge on any atom is -0.327 e. The summed E-state index contributed by atoms with van der Waals surface area (Å²) in [6.07, 6.45) is 1.82. The largest absolute Gasteiger partial charge is 0.327 e. The van der Waals surface area contributed by atoms with Crippen molar-refractivity contribution < 1.29 is 0 Å². The van der Waals surface area contributed by atoms with Crippen molar-refractivity contribution in [1.29, 1.82) is 0 Å². The molecule has 2 aromatic carbocycles. The number of hydrogen-bond acceptors (Lipinski definition) is 1. The first kappa shape index (κ1) is 15.4. The minimum absolute atomic E-state index is 0.0691. The number of rotatable bonds is 5. The lowest BCUT2D eigenvalue weighted by atomic mass is 9.86. The average molecular weight is 308 g/mol. The maximum atomic E-state index is 6.40. The maximum Gasteiger partial charge on any atom is 0.0595 e. The van der Waals surface area contributed by atoms with Gasteiger partial charge in [0.1, 0.15) is 0 Å². The van der Waals surface area contributed by atoms with Crippen LogP contribution in [0.25, 0.3) is 0 Å². The van der Waals surface area contributed by atoms with E-state index in [4.69, 9.17) is 28.9 Å². The second-order valence-corrected chi connectivity index (χ2v) is 5.86. The van der Waals surface area contributed by atoms with E-state index in [2.05, 4.69) is 31.2 Å². The fourth-order valence-electron chi connectivity index (χ4n) is 2.57. The highest BCUT2D eigenvalue weighted by molar-refractivity contribution is 6.42. The summed E-state index contributed by atoms with van der Waals surface area (Å²) < 4.78 is 0. The minimum atomic E-state index is 0.0691. The summed E-state index contributed by atoms with van der Waals surface area (Å²) in [6.45, 7) is 2.17. The van der Waals surface area contributed by atoms with Crippen LogP contribution in [0, 0.1) is 0 Å². The third kappa shape index (κ3) is 3.76. The molecular weight excluding hydrogens is 289 g/mol. The van der Waals surface area contributed by atoms with Crippen LogP contribution in [0.1, 0.15) is 30.4 Å². The molecule has 2 unspecified atom stereocenters. The van der Waals surface area contributed by atoms with E-state index >= 15 is 0 Å². The van der Waals surface area contributed by atoms with Gasteiger partial charge in [0.05, 0.1) is 10.0 Å². The Labute approximate surface area is 130 Å². The monoisotopic (exact) mass is 307 g/mol. The zero-order valence-corrected chi connectivity index (χ0v) is 13.0. The molecule has 0 fully saturated rings. The zero-order valence-electron chi connectivity index (χ0n) is 11.5. The fourth-order valence-corrected chi connectivity index (χ4v) is 2.89. The van der Waals surface area contributed by atoms with Gasteiger partial charge in [0.2, 0.25) is 0 Å². The summed E-state index contributed by atoms with van der Waals surface area (Å²) in [6, 6.07) is 16.2. The van der Waals surface area contributed by atoms with Gasteiger partial charge in [-0.05, 0) is 42.0 Å². The highest BCUT2D eigenvalue weighted by Gasteiger charge is 2.18. The third-order valence-electron chi connectivity index (χ3n) is 3.64. The van der Waals surface area contributed by atoms with Crippen LogP contribution in [0.15, 0.2) is 48.5 Å². The van der Waals surface area contributed by atoms with Crippen LogP contribution in [0.3, 0.4) is 0 Å². The van der Waals surface area contributed by atoms with E-state index in [1.165, 1.54) is 5.56 Å². The Bertz CT molecular complexity index is 554. The number of halogens is 2. The second kappa shape index (κ2) is 7.12. The SMILES string of the molecule is CCC(c1ccccc1)C(N)Cc1ccc(Cl)c(Cl)c1. The van der Waals surface area contributed by atoms with Gasteiger partial charge in [0, 0.05) is 6.04 Å². The summed E-state index contributed by atoms with van der Waals surface area (Å²) in [7, 11) is 0. The van der Waals surface area contributed by atoms with Crippen LogP contribution in [0.5, 0.6) is 0 Å². The molecule has 2 N–H and O–H groups in total. The predicted molar refractivity (Wildman–Crippen MR) is 87.6 cm³/mol. The Morgan fingerprint density at radius 2 is 1.70 bits per heavy atom. The Kier molecular flexibility index (Phi) is 5.47. The molecule has 106 valence electrons. The Balaban J connectivity index is 2.13. The van der Waals surface area contributed by atoms with Gasteiger partial charge < -0.3 is 5.73 Å². The van der Waals surface area contributed by atoms with Gasteiger partial charge in [-0.3, -0.25) is 0 Å². The van der Waals surface area contributed by atoms with Crippen molar-refractivity contribution in [2.24, 2.45) is 5.73 Å². The van der Waals surface area contributed by atoms with E-state index in [0.29, 0.717) is 16.0 Å². The van der Waals surface area contributed by atoms with Gasteiger partial charge in [-0.1, -0.05) is 66.5 Å². The molecule has 2 rings (SSSR count). The summed E-state index contributed by atoms with van der Waals surface area (Å²) in [4.78, 5) is 0. The predicted octanol–water partition coefficient (Wildman–Crippen LogP) is 5.06. The first-order valence-corrected chi connectivity index (χ1v) is 7.62. The van der Waals surface area contributed by atoms with Crippen LogP contribution in [0.2, 0.25) is 10.0 Å². The second-order valence-electron chi connectivity index (χ2n) is 5.04. The van der Waals surface area contributed by atoms with Crippen molar-refractivity contribution in [3.8, 4) is 0 Å².